The lowest BCUT2D eigenvalue weighted by Crippen LogP contribution is -1.96. The summed E-state index contributed by atoms with van der Waals surface area (Å²) in [6.45, 7) is 0. The highest BCUT2D eigenvalue weighted by Crippen LogP contribution is 2.26. The molecule has 0 saturated carbocycles. The predicted octanol–water partition coefficient (Wildman–Crippen LogP) is 3.03. The standard InChI is InChI=1S/C8H8F3NS/c1-12-8-6(10)2-5(13-4-9)3-7(8)11/h2-3,12H,4H2,1H3. The van der Waals surface area contributed by atoms with Gasteiger partial charge in [0.1, 0.15) is 23.3 Å². The van der Waals surface area contributed by atoms with Crippen molar-refractivity contribution >= 4 is 17.4 Å². The van der Waals surface area contributed by atoms with E-state index in [-0.39, 0.29) is 10.6 Å². The number of anilines is 1. The second-order valence-corrected chi connectivity index (χ2v) is 3.24. The van der Waals surface area contributed by atoms with Crippen molar-refractivity contribution in [2.45, 2.75) is 4.90 Å². The molecule has 0 aliphatic rings. The summed E-state index contributed by atoms with van der Waals surface area (Å²) in [6, 6.07) is 1.50. The van der Waals surface area contributed by atoms with Crippen LogP contribution in [-0.2, 0) is 0 Å². The van der Waals surface area contributed by atoms with Gasteiger partial charge in [0.15, 0.2) is 0 Å². The Morgan fingerprint density at radius 2 is 1.85 bits per heavy atom. The van der Waals surface area contributed by atoms with E-state index in [0.29, 0.717) is 0 Å². The molecule has 0 radical (unpaired) electrons. The monoisotopic (exact) mass is 207 g/mol. The lowest BCUT2D eigenvalue weighted by atomic mass is 10.3. The Bertz CT molecular complexity index is 280. The summed E-state index contributed by atoms with van der Waals surface area (Å²) in [4.78, 5) is 0.247. The number of nitrogens with one attached hydrogen (secondary N) is 1. The molecule has 0 aliphatic carbocycles. The largest absolute Gasteiger partial charge is 0.383 e. The van der Waals surface area contributed by atoms with Crippen molar-refractivity contribution in [3.05, 3.63) is 23.8 Å². The zero-order chi connectivity index (χ0) is 9.84. The molecule has 0 amide bonds. The molecule has 72 valence electrons. The fourth-order valence-electron chi connectivity index (χ4n) is 0.935. The van der Waals surface area contributed by atoms with Crippen LogP contribution in [0.4, 0.5) is 18.9 Å². The summed E-state index contributed by atoms with van der Waals surface area (Å²) in [5.41, 5.74) is -0.191. The van der Waals surface area contributed by atoms with Crippen molar-refractivity contribution in [1.82, 2.24) is 0 Å². The van der Waals surface area contributed by atoms with Crippen molar-refractivity contribution < 1.29 is 13.2 Å². The first-order chi connectivity index (χ1) is 6.19. The fourth-order valence-corrected chi connectivity index (χ4v) is 1.43. The van der Waals surface area contributed by atoms with Crippen LogP contribution in [0, 0.1) is 11.6 Å². The van der Waals surface area contributed by atoms with E-state index in [9.17, 15) is 13.2 Å². The maximum absolute atomic E-state index is 13.0. The van der Waals surface area contributed by atoms with Crippen LogP contribution in [0.1, 0.15) is 0 Å². The summed E-state index contributed by atoms with van der Waals surface area (Å²) in [5, 5.41) is 2.38. The number of halogens is 3. The minimum absolute atomic E-state index is 0.191. The van der Waals surface area contributed by atoms with E-state index in [1.54, 1.807) is 0 Å². The van der Waals surface area contributed by atoms with Gasteiger partial charge in [-0.1, -0.05) is 11.8 Å². The number of rotatable bonds is 3. The first-order valence-corrected chi connectivity index (χ1v) is 4.53. The first-order valence-electron chi connectivity index (χ1n) is 3.54. The second kappa shape index (κ2) is 4.41. The Morgan fingerprint density at radius 1 is 1.31 bits per heavy atom. The zero-order valence-corrected chi connectivity index (χ0v) is 7.72. The minimum Gasteiger partial charge on any atom is -0.383 e. The molecule has 13 heavy (non-hydrogen) atoms. The molecule has 0 aliphatic heterocycles. The van der Waals surface area contributed by atoms with Crippen LogP contribution >= 0.6 is 11.8 Å². The lowest BCUT2D eigenvalue weighted by Gasteiger charge is -2.05. The van der Waals surface area contributed by atoms with E-state index in [0.717, 1.165) is 23.9 Å². The van der Waals surface area contributed by atoms with E-state index in [1.807, 2.05) is 0 Å². The molecule has 0 fully saturated rings. The average Bonchev–Trinajstić information content (AvgIpc) is 2.04. The third-order valence-electron chi connectivity index (χ3n) is 1.49. The van der Waals surface area contributed by atoms with Gasteiger partial charge in [-0.3, -0.25) is 0 Å². The van der Waals surface area contributed by atoms with Gasteiger partial charge < -0.3 is 5.32 Å². The molecule has 0 spiro atoms. The molecule has 0 bridgehead atoms. The summed E-state index contributed by atoms with van der Waals surface area (Å²) in [6.07, 6.45) is 0. The minimum atomic E-state index is -0.710. The van der Waals surface area contributed by atoms with E-state index in [4.69, 9.17) is 0 Å². The third-order valence-corrected chi connectivity index (χ3v) is 2.16. The lowest BCUT2D eigenvalue weighted by molar-refractivity contribution is 0.582. The Hall–Kier alpha value is -0.840. The molecule has 1 N–H and O–H groups in total. The average molecular weight is 207 g/mol. The molecule has 0 heterocycles. The van der Waals surface area contributed by atoms with E-state index in [2.05, 4.69) is 5.32 Å². The number of benzene rings is 1. The molecule has 0 aromatic heterocycles. The van der Waals surface area contributed by atoms with Crippen LogP contribution < -0.4 is 5.32 Å². The van der Waals surface area contributed by atoms with Crippen molar-refractivity contribution in [1.29, 1.82) is 0 Å². The molecule has 1 aromatic rings. The number of thioether (sulfide) groups is 1. The van der Waals surface area contributed by atoms with Crippen molar-refractivity contribution in [2.24, 2.45) is 0 Å². The quantitative estimate of drug-likeness (QED) is 0.764. The molecular formula is C8H8F3NS. The smallest absolute Gasteiger partial charge is 0.150 e. The van der Waals surface area contributed by atoms with Gasteiger partial charge in [0.05, 0.1) is 0 Å². The van der Waals surface area contributed by atoms with Gasteiger partial charge >= 0.3 is 0 Å². The maximum Gasteiger partial charge on any atom is 0.150 e. The molecule has 0 saturated heterocycles. The van der Waals surface area contributed by atoms with Crippen LogP contribution in [0.3, 0.4) is 0 Å². The molecular weight excluding hydrogens is 199 g/mol. The van der Waals surface area contributed by atoms with Crippen LogP contribution in [0.2, 0.25) is 0 Å². The molecule has 0 unspecified atom stereocenters. The predicted molar refractivity (Wildman–Crippen MR) is 47.7 cm³/mol. The summed E-state index contributed by atoms with van der Waals surface area (Å²) in [7, 11) is 1.42. The van der Waals surface area contributed by atoms with Crippen LogP contribution in [0.15, 0.2) is 17.0 Å². The number of alkyl halides is 1. The summed E-state index contributed by atoms with van der Waals surface area (Å²) < 4.78 is 37.8. The second-order valence-electron chi connectivity index (χ2n) is 2.27. The number of hydrogen-bond acceptors (Lipinski definition) is 2. The maximum atomic E-state index is 13.0. The van der Waals surface area contributed by atoms with E-state index < -0.39 is 17.6 Å². The van der Waals surface area contributed by atoms with Crippen molar-refractivity contribution in [2.75, 3.05) is 18.4 Å². The molecule has 1 rings (SSSR count). The van der Waals surface area contributed by atoms with Crippen LogP contribution in [0.25, 0.3) is 0 Å². The Balaban J connectivity index is 3.05. The first kappa shape index (κ1) is 10.2. The van der Waals surface area contributed by atoms with Gasteiger partial charge in [-0.2, -0.15) is 0 Å². The molecule has 1 nitrogen and oxygen atoms in total. The number of hydrogen-bond donors (Lipinski definition) is 1. The highest BCUT2D eigenvalue weighted by atomic mass is 32.2. The summed E-state index contributed by atoms with van der Waals surface area (Å²) >= 11 is 0.748. The van der Waals surface area contributed by atoms with E-state index in [1.165, 1.54) is 7.05 Å². The Kier molecular flexibility index (Phi) is 3.48. The summed E-state index contributed by atoms with van der Waals surface area (Å²) in [5.74, 6) is -1.42. The van der Waals surface area contributed by atoms with Gasteiger partial charge in [-0.15, -0.1) is 0 Å². The highest BCUT2D eigenvalue weighted by molar-refractivity contribution is 7.99. The van der Waals surface area contributed by atoms with Gasteiger partial charge in [0.2, 0.25) is 0 Å². The van der Waals surface area contributed by atoms with E-state index >= 15 is 0 Å². The normalized spacial score (nSPS) is 10.2. The van der Waals surface area contributed by atoms with Gasteiger partial charge in [0, 0.05) is 11.9 Å². The van der Waals surface area contributed by atoms with Gasteiger partial charge in [-0.05, 0) is 12.1 Å². The van der Waals surface area contributed by atoms with Crippen molar-refractivity contribution in [3.8, 4) is 0 Å². The Labute approximate surface area is 78.3 Å². The zero-order valence-electron chi connectivity index (χ0n) is 6.90. The highest BCUT2D eigenvalue weighted by Gasteiger charge is 2.09. The van der Waals surface area contributed by atoms with Gasteiger partial charge in [0.25, 0.3) is 0 Å². The molecule has 1 aromatic carbocycles. The SMILES string of the molecule is CNc1c(F)cc(SCF)cc1F. The van der Waals surface area contributed by atoms with Crippen molar-refractivity contribution in [3.63, 3.8) is 0 Å². The topological polar surface area (TPSA) is 12.0 Å². The van der Waals surface area contributed by atoms with Crippen LogP contribution in [-0.4, -0.2) is 13.1 Å². The van der Waals surface area contributed by atoms with Crippen LogP contribution in [0.5, 0.6) is 0 Å². The molecule has 0 atom stereocenters. The fraction of sp³-hybridized carbons (Fsp3) is 0.250. The third kappa shape index (κ3) is 2.30. The Morgan fingerprint density at radius 3 is 2.23 bits per heavy atom. The molecule has 5 heteroatoms. The van der Waals surface area contributed by atoms with Gasteiger partial charge in [-0.25, -0.2) is 13.2 Å².